The second-order valence-corrected chi connectivity index (χ2v) is 7.82. The lowest BCUT2D eigenvalue weighted by Crippen LogP contribution is -2.37. The van der Waals surface area contributed by atoms with E-state index in [1.807, 2.05) is 0 Å². The van der Waals surface area contributed by atoms with E-state index in [4.69, 9.17) is 10.5 Å². The van der Waals surface area contributed by atoms with Crippen LogP contribution >= 0.6 is 0 Å². The fourth-order valence-electron chi connectivity index (χ4n) is 4.07. The molecule has 12 heteroatoms. The lowest BCUT2D eigenvalue weighted by atomic mass is 10.0. The fourth-order valence-corrected chi connectivity index (χ4v) is 4.07. The van der Waals surface area contributed by atoms with Crippen molar-refractivity contribution >= 4 is 33.5 Å². The Balaban J connectivity index is 1.52. The number of nitrogen functional groups attached to an aromatic ring is 1. The number of nitrogens with zero attached hydrogens (tertiary/aromatic N) is 5. The third-order valence-electron chi connectivity index (χ3n) is 5.78. The minimum atomic E-state index is -4.56. The molecule has 33 heavy (non-hydrogen) atoms. The molecule has 9 nitrogen and oxygen atoms in total. The number of H-pyrrole nitrogens is 1. The van der Waals surface area contributed by atoms with E-state index >= 15 is 0 Å². The van der Waals surface area contributed by atoms with E-state index in [1.54, 1.807) is 20.0 Å². The average molecular weight is 457 g/mol. The summed E-state index contributed by atoms with van der Waals surface area (Å²) in [7, 11) is 1.55. The van der Waals surface area contributed by atoms with Gasteiger partial charge in [-0.05, 0) is 19.1 Å². The SMILES string of the molecule is Cc1n[nH]c2c1c(N)nc1cnc(C(=O)N(C)[C@@H]3COCc4nc(C(F)(F)F)ccc43)cc12. The molecule has 1 aliphatic heterocycles. The van der Waals surface area contributed by atoms with Crippen molar-refractivity contribution in [3.05, 3.63) is 52.7 Å². The van der Waals surface area contributed by atoms with Gasteiger partial charge in [-0.2, -0.15) is 18.3 Å². The maximum atomic E-state index is 13.3. The molecule has 0 radical (unpaired) electrons. The highest BCUT2D eigenvalue weighted by atomic mass is 19.4. The maximum Gasteiger partial charge on any atom is 0.433 e. The summed E-state index contributed by atoms with van der Waals surface area (Å²) < 4.78 is 44.5. The number of likely N-dealkylation sites (N-methyl/N-ethyl adjacent to an activating group) is 1. The van der Waals surface area contributed by atoms with Gasteiger partial charge in [0.05, 0.1) is 53.3 Å². The minimum absolute atomic E-state index is 0.0593. The van der Waals surface area contributed by atoms with Crippen LogP contribution in [0.5, 0.6) is 0 Å². The zero-order valence-electron chi connectivity index (χ0n) is 17.6. The molecule has 0 fully saturated rings. The molecule has 1 aliphatic rings. The molecule has 0 spiro atoms. The number of aryl methyl sites for hydroxylation is 1. The third kappa shape index (κ3) is 3.42. The molecule has 4 aromatic heterocycles. The smallest absolute Gasteiger partial charge is 0.383 e. The standard InChI is InChI=1S/C21H18F3N7O2/c1-9-17-18(30-29-9)11-5-12(26-6-13(11)28-19(17)25)20(32)31(2)15-8-33-7-14-10(15)3-4-16(27-14)21(22,23)24/h3-6,15H,7-8H2,1-2H3,(H2,25,28)(H,29,30)/t15-/m1/s1. The highest BCUT2D eigenvalue weighted by molar-refractivity contribution is 6.10. The Labute approximate surface area is 184 Å². The van der Waals surface area contributed by atoms with Crippen LogP contribution in [0.25, 0.3) is 21.8 Å². The zero-order valence-corrected chi connectivity index (χ0v) is 17.6. The molecule has 0 saturated heterocycles. The number of carbonyl (C=O) groups excluding carboxylic acids is 1. The van der Waals surface area contributed by atoms with Crippen LogP contribution in [0.3, 0.4) is 0 Å². The van der Waals surface area contributed by atoms with Crippen LogP contribution in [0.15, 0.2) is 24.4 Å². The molecule has 5 heterocycles. The van der Waals surface area contributed by atoms with Crippen molar-refractivity contribution in [1.29, 1.82) is 0 Å². The van der Waals surface area contributed by atoms with Crippen molar-refractivity contribution in [2.75, 3.05) is 19.4 Å². The normalized spacial score (nSPS) is 16.2. The van der Waals surface area contributed by atoms with E-state index in [9.17, 15) is 18.0 Å². The van der Waals surface area contributed by atoms with Crippen molar-refractivity contribution in [2.24, 2.45) is 0 Å². The van der Waals surface area contributed by atoms with Crippen molar-refractivity contribution in [3.8, 4) is 0 Å². The molecular formula is C21H18F3N7O2. The number of halogens is 3. The van der Waals surface area contributed by atoms with E-state index in [1.165, 1.54) is 17.2 Å². The lowest BCUT2D eigenvalue weighted by Gasteiger charge is -2.32. The first-order valence-electron chi connectivity index (χ1n) is 9.97. The monoisotopic (exact) mass is 457 g/mol. The number of nitrogens with two attached hydrogens (primary N) is 1. The van der Waals surface area contributed by atoms with Crippen molar-refractivity contribution in [1.82, 2.24) is 30.0 Å². The van der Waals surface area contributed by atoms with Gasteiger partial charge >= 0.3 is 6.18 Å². The quantitative estimate of drug-likeness (QED) is 0.474. The Morgan fingerprint density at radius 2 is 2.09 bits per heavy atom. The molecule has 5 rings (SSSR count). The number of anilines is 1. The summed E-state index contributed by atoms with van der Waals surface area (Å²) in [6.45, 7) is 1.86. The molecule has 1 atom stereocenters. The van der Waals surface area contributed by atoms with Crippen LogP contribution in [0.1, 0.15) is 39.2 Å². The van der Waals surface area contributed by atoms with Crippen LogP contribution in [0.2, 0.25) is 0 Å². The predicted octanol–water partition coefficient (Wildman–Crippen LogP) is 3.15. The van der Waals surface area contributed by atoms with E-state index in [0.717, 1.165) is 6.07 Å². The third-order valence-corrected chi connectivity index (χ3v) is 5.78. The van der Waals surface area contributed by atoms with E-state index in [0.29, 0.717) is 38.9 Å². The highest BCUT2D eigenvalue weighted by Gasteiger charge is 2.36. The van der Waals surface area contributed by atoms with Crippen LogP contribution in [0.4, 0.5) is 19.0 Å². The summed E-state index contributed by atoms with van der Waals surface area (Å²) in [5.74, 6) is -0.122. The molecule has 0 saturated carbocycles. The summed E-state index contributed by atoms with van der Waals surface area (Å²) in [4.78, 5) is 26.9. The first-order valence-corrected chi connectivity index (χ1v) is 9.97. The number of fused-ring (bicyclic) bond motifs is 4. The summed E-state index contributed by atoms with van der Waals surface area (Å²) in [6, 6.07) is 3.24. The van der Waals surface area contributed by atoms with Gasteiger partial charge in [0.1, 0.15) is 17.2 Å². The van der Waals surface area contributed by atoms with Crippen LogP contribution in [0, 0.1) is 6.92 Å². The van der Waals surface area contributed by atoms with Crippen molar-refractivity contribution in [2.45, 2.75) is 25.7 Å². The minimum Gasteiger partial charge on any atom is -0.383 e. The van der Waals surface area contributed by atoms with Gasteiger partial charge in [-0.3, -0.25) is 9.89 Å². The Morgan fingerprint density at radius 3 is 2.85 bits per heavy atom. The molecule has 170 valence electrons. The number of carbonyl (C=O) groups is 1. The Kier molecular flexibility index (Phi) is 4.71. The first-order chi connectivity index (χ1) is 15.6. The van der Waals surface area contributed by atoms with Gasteiger partial charge in [0, 0.05) is 18.0 Å². The number of aromatic amines is 1. The number of alkyl halides is 3. The number of nitrogens with one attached hydrogen (secondary N) is 1. The number of aromatic nitrogens is 5. The number of hydrogen-bond acceptors (Lipinski definition) is 7. The number of amides is 1. The molecular weight excluding hydrogens is 439 g/mol. The molecule has 0 aliphatic carbocycles. The average Bonchev–Trinajstić information content (AvgIpc) is 3.19. The lowest BCUT2D eigenvalue weighted by molar-refractivity contribution is -0.141. The second kappa shape index (κ2) is 7.37. The summed E-state index contributed by atoms with van der Waals surface area (Å²) in [5.41, 5.74) is 7.65. The summed E-state index contributed by atoms with van der Waals surface area (Å²) in [5, 5.41) is 8.39. The Bertz CT molecular complexity index is 1420. The number of rotatable bonds is 2. The molecule has 0 bridgehead atoms. The van der Waals surface area contributed by atoms with Gasteiger partial charge in [-0.15, -0.1) is 0 Å². The fraction of sp³-hybridized carbons (Fsp3) is 0.286. The van der Waals surface area contributed by atoms with Crippen molar-refractivity contribution in [3.63, 3.8) is 0 Å². The highest BCUT2D eigenvalue weighted by Crippen LogP contribution is 2.34. The Hall–Kier alpha value is -3.80. The van der Waals surface area contributed by atoms with Gasteiger partial charge < -0.3 is 15.4 Å². The predicted molar refractivity (Wildman–Crippen MR) is 112 cm³/mol. The molecule has 4 aromatic rings. The van der Waals surface area contributed by atoms with E-state index in [-0.39, 0.29) is 24.6 Å². The number of pyridine rings is 3. The van der Waals surface area contributed by atoms with Crippen LogP contribution in [-0.4, -0.2) is 49.6 Å². The van der Waals surface area contributed by atoms with Gasteiger partial charge in [-0.1, -0.05) is 6.07 Å². The zero-order chi connectivity index (χ0) is 23.5. The molecule has 0 aromatic carbocycles. The first kappa shape index (κ1) is 21.1. The second-order valence-electron chi connectivity index (χ2n) is 7.82. The Morgan fingerprint density at radius 1 is 1.30 bits per heavy atom. The van der Waals surface area contributed by atoms with Crippen LogP contribution < -0.4 is 5.73 Å². The van der Waals surface area contributed by atoms with E-state index < -0.39 is 23.8 Å². The van der Waals surface area contributed by atoms with Gasteiger partial charge in [-0.25, -0.2) is 15.0 Å². The van der Waals surface area contributed by atoms with Gasteiger partial charge in [0.2, 0.25) is 0 Å². The van der Waals surface area contributed by atoms with E-state index in [2.05, 4.69) is 25.1 Å². The van der Waals surface area contributed by atoms with Gasteiger partial charge in [0.25, 0.3) is 5.91 Å². The summed E-state index contributed by atoms with van der Waals surface area (Å²) in [6.07, 6.45) is -3.11. The topological polar surface area (TPSA) is 123 Å². The molecule has 1 amide bonds. The maximum absolute atomic E-state index is 13.3. The number of ether oxygens (including phenoxy) is 1. The largest absolute Gasteiger partial charge is 0.433 e. The molecule has 3 N–H and O–H groups in total. The number of hydrogen-bond donors (Lipinski definition) is 2. The van der Waals surface area contributed by atoms with Crippen molar-refractivity contribution < 1.29 is 22.7 Å². The summed E-state index contributed by atoms with van der Waals surface area (Å²) >= 11 is 0. The van der Waals surface area contributed by atoms with Crippen LogP contribution in [-0.2, 0) is 17.5 Å². The van der Waals surface area contributed by atoms with Gasteiger partial charge in [0.15, 0.2) is 0 Å². The molecule has 0 unspecified atom stereocenters.